The van der Waals surface area contributed by atoms with Crippen molar-refractivity contribution in [2.75, 3.05) is 67.5 Å². The summed E-state index contributed by atoms with van der Waals surface area (Å²) in [5.74, 6) is 10.9. The molecule has 0 saturated carbocycles. The maximum absolute atomic E-state index is 14.3. The molecule has 2 aromatic rings. The first-order chi connectivity index (χ1) is 28.7. The maximum Gasteiger partial charge on any atom is 0.490 e. The molecule has 1 fully saturated rings. The van der Waals surface area contributed by atoms with Crippen molar-refractivity contribution in [2.45, 2.75) is 104 Å². The van der Waals surface area contributed by atoms with Crippen LogP contribution in [0.1, 0.15) is 98.8 Å². The highest BCUT2D eigenvalue weighted by Gasteiger charge is 2.52. The minimum atomic E-state index is -0.506. The van der Waals surface area contributed by atoms with E-state index >= 15 is 0 Å². The van der Waals surface area contributed by atoms with E-state index in [1.54, 1.807) is 28.0 Å². The predicted molar refractivity (Wildman–Crippen MR) is 248 cm³/mol. The summed E-state index contributed by atoms with van der Waals surface area (Å²) in [6.45, 7) is 22.8. The zero-order chi connectivity index (χ0) is 46.6. The van der Waals surface area contributed by atoms with Gasteiger partial charge in [-0.2, -0.15) is 0 Å². The third-order valence-corrected chi connectivity index (χ3v) is 10.3. The average molecular weight is 924 g/mol. The van der Waals surface area contributed by atoms with Crippen molar-refractivity contribution in [3.05, 3.63) is 86.8 Å². The summed E-state index contributed by atoms with van der Waals surface area (Å²) in [6.07, 6.45) is 4.82. The summed E-state index contributed by atoms with van der Waals surface area (Å²) < 4.78 is 51.1. The van der Waals surface area contributed by atoms with Crippen molar-refractivity contribution >= 4 is 40.8 Å². The first-order valence-electron chi connectivity index (χ1n) is 20.9. The monoisotopic (exact) mass is 922 g/mol. The number of ether oxygens (including phenoxy) is 2. The topological polar surface area (TPSA) is 84.0 Å². The van der Waals surface area contributed by atoms with Crippen LogP contribution < -0.4 is 0 Å². The van der Waals surface area contributed by atoms with Crippen LogP contribution >= 0.6 is 15.9 Å². The minimum Gasteiger partial charge on any atom is -0.444 e. The Labute approximate surface area is 378 Å². The van der Waals surface area contributed by atoms with Crippen LogP contribution in [0.2, 0.25) is 0 Å². The van der Waals surface area contributed by atoms with Gasteiger partial charge in [-0.05, 0) is 157 Å². The molecule has 0 spiro atoms. The van der Waals surface area contributed by atoms with Gasteiger partial charge in [0.15, 0.2) is 0 Å². The zero-order valence-corrected chi connectivity index (χ0v) is 40.8. The standard InChI is InChI=1S/C21H27FN2O2.C16H28BNO4.C11H11BrFN/c1-21(2,3)26-20(25)24-13-10-16(11-14-24)18-9-8-17(19(22)15-18)7-6-12-23(4)5;1-14(2,3)20-13(19)18-10-8-12(9-11-18)17-21-15(4,5)16(6,7)22-17;1-14(2)7-3-4-9-5-6-10(12)8-11(9)13/h8-10,15H,11-14H2,1-5H3;8H,9-11H2,1-7H3;5-6,8H,7H2,1-2H3. The van der Waals surface area contributed by atoms with Crippen LogP contribution in [-0.2, 0) is 18.8 Å². The summed E-state index contributed by atoms with van der Waals surface area (Å²) in [4.78, 5) is 31.4. The van der Waals surface area contributed by atoms with E-state index in [0.717, 1.165) is 27.5 Å². The van der Waals surface area contributed by atoms with Crippen molar-refractivity contribution in [2.24, 2.45) is 0 Å². The first-order valence-corrected chi connectivity index (χ1v) is 21.7. The molecule has 0 unspecified atom stereocenters. The number of carbonyl (C=O) groups is 2. The number of hydrogen-bond acceptors (Lipinski definition) is 8. The Balaban J connectivity index is 0.000000259. The number of amides is 2. The van der Waals surface area contributed by atoms with E-state index < -0.39 is 11.2 Å². The third-order valence-electron chi connectivity index (χ3n) is 9.82. The number of hydrogen-bond donors (Lipinski definition) is 0. The molecule has 0 N–H and O–H groups in total. The van der Waals surface area contributed by atoms with E-state index in [1.165, 1.54) is 12.1 Å². The molecule has 62 heavy (non-hydrogen) atoms. The lowest BCUT2D eigenvalue weighted by atomic mass is 9.75. The van der Waals surface area contributed by atoms with Crippen LogP contribution in [0.3, 0.4) is 0 Å². The Morgan fingerprint density at radius 2 is 1.19 bits per heavy atom. The second kappa shape index (κ2) is 22.4. The zero-order valence-electron chi connectivity index (χ0n) is 39.2. The molecule has 3 aliphatic rings. The Morgan fingerprint density at radius 1 is 0.742 bits per heavy atom. The minimum absolute atomic E-state index is 0.267. The molecule has 1 saturated heterocycles. The number of carbonyl (C=O) groups excluding carboxylic acids is 2. The predicted octanol–water partition coefficient (Wildman–Crippen LogP) is 9.45. The van der Waals surface area contributed by atoms with E-state index in [-0.39, 0.29) is 42.1 Å². The van der Waals surface area contributed by atoms with Gasteiger partial charge in [-0.15, -0.1) is 0 Å². The van der Waals surface area contributed by atoms with Gasteiger partial charge in [0, 0.05) is 30.7 Å². The van der Waals surface area contributed by atoms with Gasteiger partial charge in [0.25, 0.3) is 0 Å². The van der Waals surface area contributed by atoms with E-state index in [1.807, 2.05) is 125 Å². The lowest BCUT2D eigenvalue weighted by molar-refractivity contribution is 0.00578. The van der Waals surface area contributed by atoms with Gasteiger partial charge in [0.05, 0.1) is 35.4 Å². The van der Waals surface area contributed by atoms with Gasteiger partial charge in [-0.25, -0.2) is 18.4 Å². The fraction of sp³-hybridized carbons (Fsp3) is 0.542. The normalized spacial score (nSPS) is 16.9. The Hall–Kier alpha value is -4.18. The van der Waals surface area contributed by atoms with Gasteiger partial charge in [-0.1, -0.05) is 57.8 Å². The quantitative estimate of drug-likeness (QED) is 0.222. The molecule has 0 aliphatic carbocycles. The van der Waals surface area contributed by atoms with Crippen LogP contribution in [-0.4, -0.2) is 129 Å². The SMILES string of the molecule is CC(C)(C)OC(=O)N1CC=C(B2OC(C)(C)C(C)(C)O2)CC1.CN(C)CC#Cc1ccc(Br)cc1F.CN(C)CC#Cc1ccc(C2=CCN(C(=O)OC(C)(C)C)CC2)cc1F. The summed E-state index contributed by atoms with van der Waals surface area (Å²) in [5.41, 5.74) is 2.19. The van der Waals surface area contributed by atoms with E-state index in [0.29, 0.717) is 56.8 Å². The Kier molecular flexibility index (Phi) is 18.9. The second-order valence-corrected chi connectivity index (χ2v) is 19.8. The fourth-order valence-corrected chi connectivity index (χ4v) is 6.14. The second-order valence-electron chi connectivity index (χ2n) is 18.8. The molecule has 14 heteroatoms. The molecule has 5 rings (SSSR count). The summed E-state index contributed by atoms with van der Waals surface area (Å²) >= 11 is 3.19. The van der Waals surface area contributed by atoms with Gasteiger partial charge in [0.2, 0.25) is 0 Å². The number of halogens is 3. The maximum atomic E-state index is 14.3. The lowest BCUT2D eigenvalue weighted by Crippen LogP contribution is -2.41. The van der Waals surface area contributed by atoms with Crippen molar-refractivity contribution in [3.63, 3.8) is 0 Å². The third kappa shape index (κ3) is 17.2. The number of benzene rings is 2. The molecular weight excluding hydrogens is 857 g/mol. The Morgan fingerprint density at radius 3 is 1.58 bits per heavy atom. The van der Waals surface area contributed by atoms with Crippen LogP contribution in [0, 0.1) is 35.3 Å². The molecule has 2 amide bonds. The van der Waals surface area contributed by atoms with Crippen LogP contribution in [0.5, 0.6) is 0 Å². The van der Waals surface area contributed by atoms with Crippen molar-refractivity contribution in [3.8, 4) is 23.7 Å². The summed E-state index contributed by atoms with van der Waals surface area (Å²) in [6, 6.07) is 9.99. The van der Waals surface area contributed by atoms with Crippen LogP contribution in [0.4, 0.5) is 18.4 Å². The molecule has 2 aromatic carbocycles. The average Bonchev–Trinajstić information content (AvgIpc) is 3.38. The number of rotatable bonds is 4. The molecular formula is C48H66BBrF2N4O6. The summed E-state index contributed by atoms with van der Waals surface area (Å²) in [5, 5.41) is 0. The number of nitrogens with zero attached hydrogens (tertiary/aromatic N) is 4. The molecule has 0 aromatic heterocycles. The highest BCUT2D eigenvalue weighted by Crippen LogP contribution is 2.39. The van der Waals surface area contributed by atoms with E-state index in [4.69, 9.17) is 18.8 Å². The van der Waals surface area contributed by atoms with Crippen molar-refractivity contribution in [1.82, 2.24) is 19.6 Å². The fourth-order valence-electron chi connectivity index (χ4n) is 5.80. The Bertz CT molecular complexity index is 2050. The van der Waals surface area contributed by atoms with Crippen molar-refractivity contribution in [1.29, 1.82) is 0 Å². The largest absolute Gasteiger partial charge is 0.490 e. The van der Waals surface area contributed by atoms with Crippen LogP contribution in [0.15, 0.2) is 58.5 Å². The molecule has 0 bridgehead atoms. The van der Waals surface area contributed by atoms with Crippen LogP contribution in [0.25, 0.3) is 5.57 Å². The van der Waals surface area contributed by atoms with E-state index in [2.05, 4.69) is 39.6 Å². The molecule has 3 heterocycles. The lowest BCUT2D eigenvalue weighted by Gasteiger charge is -2.32. The molecule has 0 atom stereocenters. The van der Waals surface area contributed by atoms with E-state index in [9.17, 15) is 18.4 Å². The van der Waals surface area contributed by atoms with Gasteiger partial charge in [0.1, 0.15) is 22.8 Å². The van der Waals surface area contributed by atoms with Gasteiger partial charge < -0.3 is 28.6 Å². The smallest absolute Gasteiger partial charge is 0.444 e. The molecule has 338 valence electrons. The highest BCUT2D eigenvalue weighted by molar-refractivity contribution is 9.10. The molecule has 3 aliphatic heterocycles. The summed E-state index contributed by atoms with van der Waals surface area (Å²) in [7, 11) is 7.37. The highest BCUT2D eigenvalue weighted by atomic mass is 79.9. The van der Waals surface area contributed by atoms with Gasteiger partial charge in [-0.3, -0.25) is 9.80 Å². The first kappa shape index (κ1) is 52.2. The van der Waals surface area contributed by atoms with Crippen molar-refractivity contribution < 1.29 is 37.2 Å². The molecule has 0 radical (unpaired) electrons. The molecule has 10 nitrogen and oxygen atoms in total. The van der Waals surface area contributed by atoms with Gasteiger partial charge >= 0.3 is 19.3 Å².